The molecule has 0 aliphatic carbocycles. The molecule has 1 heterocycles. The Morgan fingerprint density at radius 1 is 1.10 bits per heavy atom. The molecule has 0 fully saturated rings. The number of nitro benzene ring substituents is 1. The molecular weight excluding hydrogens is 413 g/mol. The van der Waals surface area contributed by atoms with Crippen LogP contribution in [0.2, 0.25) is 0 Å². The summed E-state index contributed by atoms with van der Waals surface area (Å²) in [5.41, 5.74) is -0.909. The smallest absolute Gasteiger partial charge is 0.258 e. The minimum atomic E-state index is -4.75. The number of hydrogen-bond acceptors (Lipinski definition) is 5. The Balaban J connectivity index is 2.21. The van der Waals surface area contributed by atoms with Crippen molar-refractivity contribution >= 4 is 15.7 Å². The van der Waals surface area contributed by atoms with Crippen LogP contribution in [0.4, 0.5) is 18.9 Å². The molecular formula is C17H13F3N4O4S. The van der Waals surface area contributed by atoms with Gasteiger partial charge in [-0.25, -0.2) is 18.2 Å². The first kappa shape index (κ1) is 20.5. The van der Waals surface area contributed by atoms with Gasteiger partial charge in [-0.1, -0.05) is 12.1 Å². The Labute approximate surface area is 162 Å². The van der Waals surface area contributed by atoms with Crippen LogP contribution in [-0.2, 0) is 16.2 Å². The Morgan fingerprint density at radius 2 is 1.72 bits per heavy atom. The number of benzene rings is 2. The number of halogens is 3. The molecule has 0 saturated carbocycles. The first-order valence-corrected chi connectivity index (χ1v) is 9.48. The second kappa shape index (κ2) is 6.97. The van der Waals surface area contributed by atoms with Gasteiger partial charge in [0.1, 0.15) is 0 Å². The minimum Gasteiger partial charge on any atom is -0.258 e. The number of hydrogen-bond donors (Lipinski definition) is 1. The summed E-state index contributed by atoms with van der Waals surface area (Å²) >= 11 is 0. The van der Waals surface area contributed by atoms with Gasteiger partial charge in [0.15, 0.2) is 5.69 Å². The van der Waals surface area contributed by atoms with Crippen molar-refractivity contribution in [3.8, 4) is 16.9 Å². The fourth-order valence-electron chi connectivity index (χ4n) is 2.66. The number of nitro groups is 1. The fourth-order valence-corrected chi connectivity index (χ4v) is 3.18. The van der Waals surface area contributed by atoms with Crippen molar-refractivity contribution in [1.82, 2.24) is 9.78 Å². The maximum Gasteiger partial charge on any atom is 0.435 e. The SMILES string of the molecule is Cc1ccc(-c2cc(C(F)(F)F)nn2-c2ccc(S(N)(=O)=O)cc2)cc1[N+](=O)[O-]. The van der Waals surface area contributed by atoms with E-state index >= 15 is 0 Å². The lowest BCUT2D eigenvalue weighted by atomic mass is 10.1. The number of alkyl halides is 3. The lowest BCUT2D eigenvalue weighted by Gasteiger charge is -2.09. The average molecular weight is 426 g/mol. The lowest BCUT2D eigenvalue weighted by Crippen LogP contribution is -2.12. The molecule has 0 bridgehead atoms. The molecule has 0 amide bonds. The first-order chi connectivity index (χ1) is 13.4. The maximum absolute atomic E-state index is 13.2. The van der Waals surface area contributed by atoms with Crippen LogP contribution in [0.1, 0.15) is 11.3 Å². The van der Waals surface area contributed by atoms with E-state index in [0.29, 0.717) is 5.56 Å². The third-order valence-electron chi connectivity index (χ3n) is 4.11. The van der Waals surface area contributed by atoms with E-state index in [1.807, 2.05) is 0 Å². The molecule has 8 nitrogen and oxygen atoms in total. The Hall–Kier alpha value is -3.25. The quantitative estimate of drug-likeness (QED) is 0.506. The van der Waals surface area contributed by atoms with Gasteiger partial charge in [-0.15, -0.1) is 0 Å². The second-order valence-electron chi connectivity index (χ2n) is 6.12. The molecule has 152 valence electrons. The Bertz CT molecular complexity index is 1200. The summed E-state index contributed by atoms with van der Waals surface area (Å²) in [4.78, 5) is 10.3. The molecule has 0 aliphatic rings. The number of primary sulfonamides is 1. The molecule has 0 spiro atoms. The van der Waals surface area contributed by atoms with E-state index in [1.165, 1.54) is 31.2 Å². The van der Waals surface area contributed by atoms with E-state index in [-0.39, 0.29) is 27.5 Å². The van der Waals surface area contributed by atoms with Crippen molar-refractivity contribution < 1.29 is 26.5 Å². The number of nitrogens with two attached hydrogens (primary N) is 1. The molecule has 3 rings (SSSR count). The van der Waals surface area contributed by atoms with Gasteiger partial charge in [-0.05, 0) is 37.3 Å². The highest BCUT2D eigenvalue weighted by Crippen LogP contribution is 2.35. The summed E-state index contributed by atoms with van der Waals surface area (Å²) in [7, 11) is -3.99. The lowest BCUT2D eigenvalue weighted by molar-refractivity contribution is -0.385. The highest BCUT2D eigenvalue weighted by molar-refractivity contribution is 7.89. The van der Waals surface area contributed by atoms with Crippen LogP contribution < -0.4 is 5.14 Å². The molecule has 1 aromatic heterocycles. The predicted octanol–water partition coefficient (Wildman–Crippen LogP) is 3.42. The summed E-state index contributed by atoms with van der Waals surface area (Å²) in [6, 6.07) is 9.50. The van der Waals surface area contributed by atoms with Crippen molar-refractivity contribution in [2.45, 2.75) is 18.0 Å². The van der Waals surface area contributed by atoms with Gasteiger partial charge < -0.3 is 0 Å². The Kier molecular flexibility index (Phi) is 4.92. The minimum absolute atomic E-state index is 0.0521. The highest BCUT2D eigenvalue weighted by atomic mass is 32.2. The number of sulfonamides is 1. The van der Waals surface area contributed by atoms with E-state index in [4.69, 9.17) is 5.14 Å². The highest BCUT2D eigenvalue weighted by Gasteiger charge is 2.35. The number of aromatic nitrogens is 2. The van der Waals surface area contributed by atoms with Gasteiger partial charge in [0, 0.05) is 17.2 Å². The van der Waals surface area contributed by atoms with Gasteiger partial charge >= 0.3 is 6.18 Å². The molecule has 3 aromatic rings. The van der Waals surface area contributed by atoms with Crippen LogP contribution >= 0.6 is 0 Å². The van der Waals surface area contributed by atoms with Crippen molar-refractivity contribution in [2.24, 2.45) is 5.14 Å². The van der Waals surface area contributed by atoms with Gasteiger partial charge in [0.2, 0.25) is 10.0 Å². The van der Waals surface area contributed by atoms with E-state index < -0.39 is 26.8 Å². The van der Waals surface area contributed by atoms with Crippen LogP contribution in [0.15, 0.2) is 53.4 Å². The number of nitrogens with zero attached hydrogens (tertiary/aromatic N) is 3. The number of aryl methyl sites for hydroxylation is 1. The maximum atomic E-state index is 13.2. The monoisotopic (exact) mass is 426 g/mol. The fraction of sp³-hybridized carbons (Fsp3) is 0.118. The van der Waals surface area contributed by atoms with E-state index in [9.17, 15) is 31.7 Å². The van der Waals surface area contributed by atoms with Crippen LogP contribution in [-0.4, -0.2) is 23.1 Å². The Morgan fingerprint density at radius 3 is 2.24 bits per heavy atom. The van der Waals surface area contributed by atoms with E-state index in [0.717, 1.165) is 28.9 Å². The second-order valence-corrected chi connectivity index (χ2v) is 7.68. The van der Waals surface area contributed by atoms with Gasteiger partial charge in [0.05, 0.1) is 21.2 Å². The van der Waals surface area contributed by atoms with E-state index in [2.05, 4.69) is 5.10 Å². The zero-order valence-electron chi connectivity index (χ0n) is 14.7. The molecule has 0 radical (unpaired) electrons. The first-order valence-electron chi connectivity index (χ1n) is 7.94. The summed E-state index contributed by atoms with van der Waals surface area (Å²) in [6.45, 7) is 1.51. The zero-order valence-corrected chi connectivity index (χ0v) is 15.5. The van der Waals surface area contributed by atoms with Crippen LogP contribution in [0.25, 0.3) is 16.9 Å². The van der Waals surface area contributed by atoms with Crippen molar-refractivity contribution in [3.05, 3.63) is 69.9 Å². The van der Waals surface area contributed by atoms with Crippen molar-refractivity contribution in [1.29, 1.82) is 0 Å². The van der Waals surface area contributed by atoms with Gasteiger partial charge in [-0.2, -0.15) is 18.3 Å². The largest absolute Gasteiger partial charge is 0.435 e. The van der Waals surface area contributed by atoms with Crippen molar-refractivity contribution in [2.75, 3.05) is 0 Å². The molecule has 0 unspecified atom stereocenters. The normalized spacial score (nSPS) is 12.2. The summed E-state index contributed by atoms with van der Waals surface area (Å²) in [5.74, 6) is 0. The molecule has 0 aliphatic heterocycles. The molecule has 0 atom stereocenters. The van der Waals surface area contributed by atoms with Gasteiger partial charge in [0.25, 0.3) is 5.69 Å². The average Bonchev–Trinajstić information content (AvgIpc) is 3.07. The predicted molar refractivity (Wildman–Crippen MR) is 96.8 cm³/mol. The van der Waals surface area contributed by atoms with Gasteiger partial charge in [-0.3, -0.25) is 10.1 Å². The topological polar surface area (TPSA) is 121 Å². The standard InChI is InChI=1S/C17H13F3N4O4S/c1-10-2-3-11(8-14(10)24(25)26)15-9-16(17(18,19)20)22-23(15)12-4-6-13(7-5-12)29(21,27)28/h2-9H,1H3,(H2,21,27,28). The summed E-state index contributed by atoms with van der Waals surface area (Å²) in [6.07, 6.45) is -4.75. The molecule has 12 heteroatoms. The van der Waals surface area contributed by atoms with Crippen LogP contribution in [0.5, 0.6) is 0 Å². The summed E-state index contributed by atoms with van der Waals surface area (Å²) < 4.78 is 63.4. The van der Waals surface area contributed by atoms with Crippen molar-refractivity contribution in [3.63, 3.8) is 0 Å². The summed E-state index contributed by atoms with van der Waals surface area (Å²) in [5, 5.41) is 19.8. The molecule has 0 saturated heterocycles. The van der Waals surface area contributed by atoms with Crippen LogP contribution in [0, 0.1) is 17.0 Å². The molecule has 2 N–H and O–H groups in total. The van der Waals surface area contributed by atoms with E-state index in [1.54, 1.807) is 0 Å². The third kappa shape index (κ3) is 4.12. The third-order valence-corrected chi connectivity index (χ3v) is 5.04. The number of rotatable bonds is 4. The molecule has 29 heavy (non-hydrogen) atoms. The molecule has 2 aromatic carbocycles. The van der Waals surface area contributed by atoms with Crippen LogP contribution in [0.3, 0.4) is 0 Å². The zero-order chi connectivity index (χ0) is 21.6.